The summed E-state index contributed by atoms with van der Waals surface area (Å²) in [5, 5.41) is 1.28. The average Bonchev–Trinajstić information content (AvgIpc) is 2.70. The van der Waals surface area contributed by atoms with Crippen molar-refractivity contribution >= 4 is 17.0 Å². The van der Waals surface area contributed by atoms with Crippen LogP contribution in [0.3, 0.4) is 0 Å². The Hall–Kier alpha value is -1.89. The molecule has 0 radical (unpaired) electrons. The topological polar surface area (TPSA) is 12.9 Å². The number of hydrogen-bond donors (Lipinski definition) is 0. The van der Waals surface area contributed by atoms with Crippen molar-refractivity contribution in [2.75, 3.05) is 0 Å². The molecule has 0 fully saturated rings. The van der Waals surface area contributed by atoms with E-state index in [4.69, 9.17) is 4.98 Å². The molecule has 1 heteroatoms. The third-order valence-electron chi connectivity index (χ3n) is 5.58. The second kappa shape index (κ2) is 7.42. The van der Waals surface area contributed by atoms with Crippen LogP contribution < -0.4 is 0 Å². The monoisotopic (exact) mass is 389 g/mol. The van der Waals surface area contributed by atoms with Crippen LogP contribution in [-0.2, 0) is 6.42 Å². The van der Waals surface area contributed by atoms with Gasteiger partial charge in [0.1, 0.15) is 0 Å². The van der Waals surface area contributed by atoms with Crippen molar-refractivity contribution in [2.24, 2.45) is 16.2 Å². The molecule has 0 N–H and O–H groups in total. The molecular weight excluding hydrogens is 350 g/mol. The Morgan fingerprint density at radius 1 is 0.862 bits per heavy atom. The zero-order valence-corrected chi connectivity index (χ0v) is 20.0. The second-order valence-corrected chi connectivity index (χ2v) is 12.4. The molecule has 1 aromatic heterocycles. The van der Waals surface area contributed by atoms with Gasteiger partial charge in [0.15, 0.2) is 0 Å². The van der Waals surface area contributed by atoms with Gasteiger partial charge in [-0.3, -0.25) is 4.98 Å². The van der Waals surface area contributed by atoms with Gasteiger partial charge in [0, 0.05) is 17.5 Å². The van der Waals surface area contributed by atoms with Crippen molar-refractivity contribution in [1.29, 1.82) is 0 Å². The molecule has 3 rings (SSSR count). The molecule has 2 aromatic rings. The van der Waals surface area contributed by atoms with E-state index in [1.165, 1.54) is 27.6 Å². The fraction of sp³-hybridized carbons (Fsp3) is 0.536. The zero-order valence-electron chi connectivity index (χ0n) is 20.0. The molecule has 0 saturated carbocycles. The first kappa shape index (κ1) is 21.8. The molecule has 29 heavy (non-hydrogen) atoms. The third kappa shape index (κ3) is 5.38. The first-order valence-electron chi connectivity index (χ1n) is 11.0. The molecule has 1 nitrogen and oxygen atoms in total. The Balaban J connectivity index is 2.19. The summed E-state index contributed by atoms with van der Waals surface area (Å²) >= 11 is 0. The number of nitrogens with zero attached hydrogens (tertiary/aromatic N) is 1. The van der Waals surface area contributed by atoms with Crippen molar-refractivity contribution in [3.63, 3.8) is 0 Å². The normalized spacial score (nSPS) is 17.8. The van der Waals surface area contributed by atoms with Crippen LogP contribution >= 0.6 is 0 Å². The van der Waals surface area contributed by atoms with Gasteiger partial charge in [-0.2, -0.15) is 0 Å². The second-order valence-electron chi connectivity index (χ2n) is 12.4. The van der Waals surface area contributed by atoms with E-state index < -0.39 is 0 Å². The van der Waals surface area contributed by atoms with Crippen molar-refractivity contribution < 1.29 is 0 Å². The molecule has 1 unspecified atom stereocenters. The molecule has 0 bridgehead atoms. The molecule has 1 atom stereocenters. The van der Waals surface area contributed by atoms with Gasteiger partial charge in [0.05, 0.1) is 5.52 Å². The van der Waals surface area contributed by atoms with Gasteiger partial charge in [0.2, 0.25) is 0 Å². The minimum Gasteiger partial charge on any atom is -0.256 e. The number of aromatic nitrogens is 1. The molecule has 156 valence electrons. The van der Waals surface area contributed by atoms with Crippen LogP contribution in [0.15, 0.2) is 42.1 Å². The van der Waals surface area contributed by atoms with Gasteiger partial charge in [-0.1, -0.05) is 92.7 Å². The summed E-state index contributed by atoms with van der Waals surface area (Å²) in [4.78, 5) is 4.93. The molecule has 0 spiro atoms. The Labute approximate surface area is 178 Å². The number of rotatable bonds is 2. The highest BCUT2D eigenvalue weighted by atomic mass is 14.7. The van der Waals surface area contributed by atoms with E-state index in [0.29, 0.717) is 5.92 Å². The van der Waals surface area contributed by atoms with Gasteiger partial charge in [-0.05, 0) is 57.4 Å². The van der Waals surface area contributed by atoms with Crippen LogP contribution in [0.1, 0.15) is 91.3 Å². The number of benzene rings is 1. The van der Waals surface area contributed by atoms with Gasteiger partial charge < -0.3 is 0 Å². The summed E-state index contributed by atoms with van der Waals surface area (Å²) in [7, 11) is 0. The molecule has 0 aliphatic heterocycles. The molecular formula is C28H39N. The lowest BCUT2D eigenvalue weighted by atomic mass is 9.75. The van der Waals surface area contributed by atoms with Crippen LogP contribution in [0.2, 0.25) is 0 Å². The standard InChI is InChI=1S/C28H39N/c1-26(2,3)16-19-11-13-24(28(7,8)9)23-18-29-25-15-20(17-27(4,5)6)10-12-21(25)22(23)14-19/h10-15,18,24H,16-17H2,1-9H3. The highest BCUT2D eigenvalue weighted by Crippen LogP contribution is 2.43. The lowest BCUT2D eigenvalue weighted by Crippen LogP contribution is -2.17. The van der Waals surface area contributed by atoms with Crippen LogP contribution in [0.25, 0.3) is 17.0 Å². The first-order chi connectivity index (χ1) is 13.2. The number of allylic oxidation sites excluding steroid dienone is 3. The fourth-order valence-corrected chi connectivity index (χ4v) is 4.44. The first-order valence-corrected chi connectivity index (χ1v) is 11.0. The average molecular weight is 390 g/mol. The third-order valence-corrected chi connectivity index (χ3v) is 5.58. The summed E-state index contributed by atoms with van der Waals surface area (Å²) in [5.74, 6) is 0.359. The van der Waals surface area contributed by atoms with Gasteiger partial charge in [-0.25, -0.2) is 0 Å². The molecule has 1 heterocycles. The summed E-state index contributed by atoms with van der Waals surface area (Å²) < 4.78 is 0. The van der Waals surface area contributed by atoms with Crippen LogP contribution in [0, 0.1) is 16.2 Å². The minimum atomic E-state index is 0.151. The number of pyridine rings is 1. The summed E-state index contributed by atoms with van der Waals surface area (Å²) in [6.45, 7) is 20.8. The van der Waals surface area contributed by atoms with Crippen molar-refractivity contribution in [3.05, 3.63) is 58.8 Å². The molecule has 1 aromatic carbocycles. The van der Waals surface area contributed by atoms with Crippen molar-refractivity contribution in [2.45, 2.75) is 81.1 Å². The van der Waals surface area contributed by atoms with Crippen molar-refractivity contribution in [1.82, 2.24) is 4.98 Å². The highest BCUT2D eigenvalue weighted by molar-refractivity contribution is 5.91. The Morgan fingerprint density at radius 3 is 2.10 bits per heavy atom. The van der Waals surface area contributed by atoms with E-state index in [1.54, 1.807) is 0 Å². The van der Waals surface area contributed by atoms with Gasteiger partial charge in [0.25, 0.3) is 0 Å². The lowest BCUT2D eigenvalue weighted by molar-refractivity contribution is 0.366. The zero-order chi connectivity index (χ0) is 21.6. The summed E-state index contributed by atoms with van der Waals surface area (Å²) in [6.07, 6.45) is 11.5. The molecule has 1 aliphatic carbocycles. The SMILES string of the molecule is CC(C)(C)CC1=Cc2c(cnc3cc(CC(C)(C)C)ccc23)C(C(C)(C)C)C=C1. The van der Waals surface area contributed by atoms with E-state index >= 15 is 0 Å². The summed E-state index contributed by atoms with van der Waals surface area (Å²) in [5.41, 5.74) is 7.31. The maximum atomic E-state index is 4.93. The fourth-order valence-electron chi connectivity index (χ4n) is 4.44. The molecule has 0 saturated heterocycles. The van der Waals surface area contributed by atoms with Gasteiger partial charge in [-0.15, -0.1) is 0 Å². The minimum absolute atomic E-state index is 0.151. The lowest BCUT2D eigenvalue weighted by Gasteiger charge is -2.29. The highest BCUT2D eigenvalue weighted by Gasteiger charge is 2.29. The molecule has 1 aliphatic rings. The maximum Gasteiger partial charge on any atom is 0.0710 e. The van der Waals surface area contributed by atoms with Crippen LogP contribution in [0.5, 0.6) is 0 Å². The smallest absolute Gasteiger partial charge is 0.0710 e. The van der Waals surface area contributed by atoms with E-state index in [0.717, 1.165) is 18.4 Å². The summed E-state index contributed by atoms with van der Waals surface area (Å²) in [6, 6.07) is 6.90. The van der Waals surface area contributed by atoms with Crippen molar-refractivity contribution in [3.8, 4) is 0 Å². The Bertz CT molecular complexity index is 953. The quantitative estimate of drug-likeness (QED) is 0.503. The Morgan fingerprint density at radius 2 is 1.52 bits per heavy atom. The predicted octanol–water partition coefficient (Wildman–Crippen LogP) is 8.34. The van der Waals surface area contributed by atoms with E-state index in [9.17, 15) is 0 Å². The van der Waals surface area contributed by atoms with E-state index in [-0.39, 0.29) is 16.2 Å². The number of hydrogen-bond acceptors (Lipinski definition) is 1. The Kier molecular flexibility index (Phi) is 5.58. The van der Waals surface area contributed by atoms with Crippen LogP contribution in [-0.4, -0.2) is 4.98 Å². The van der Waals surface area contributed by atoms with E-state index in [2.05, 4.69) is 105 Å². The number of fused-ring (bicyclic) bond motifs is 3. The molecule has 0 amide bonds. The maximum absolute atomic E-state index is 4.93. The predicted molar refractivity (Wildman–Crippen MR) is 128 cm³/mol. The largest absolute Gasteiger partial charge is 0.256 e. The van der Waals surface area contributed by atoms with Crippen LogP contribution in [0.4, 0.5) is 0 Å². The van der Waals surface area contributed by atoms with Gasteiger partial charge >= 0.3 is 0 Å². The van der Waals surface area contributed by atoms with E-state index in [1.807, 2.05) is 0 Å².